The van der Waals surface area contributed by atoms with Gasteiger partial charge >= 0.3 is 6.18 Å². The van der Waals surface area contributed by atoms with Crippen LogP contribution in [0.1, 0.15) is 23.5 Å². The first kappa shape index (κ1) is 16.8. The Kier molecular flexibility index (Phi) is 5.08. The van der Waals surface area contributed by atoms with Gasteiger partial charge in [-0.2, -0.15) is 13.2 Å². The highest BCUT2D eigenvalue weighted by Crippen LogP contribution is 2.47. The maximum atomic E-state index is 12.5. The summed E-state index contributed by atoms with van der Waals surface area (Å²) >= 11 is 0. The van der Waals surface area contributed by atoms with Gasteiger partial charge in [-0.1, -0.05) is 12.1 Å². The molecule has 1 aliphatic carbocycles. The number of methoxy groups -OCH3 is 1. The molecule has 2 N–H and O–H groups in total. The van der Waals surface area contributed by atoms with Crippen LogP contribution in [0.2, 0.25) is 0 Å². The van der Waals surface area contributed by atoms with Gasteiger partial charge in [-0.25, -0.2) is 0 Å². The predicted octanol–water partition coefficient (Wildman–Crippen LogP) is 1.93. The number of halogens is 3. The average molecular weight is 317 g/mol. The molecule has 3 unspecified atom stereocenters. The molecule has 2 rings (SSSR count). The molecule has 0 bridgehead atoms. The van der Waals surface area contributed by atoms with Gasteiger partial charge < -0.3 is 15.2 Å². The highest BCUT2D eigenvalue weighted by molar-refractivity contribution is 5.82. The second kappa shape index (κ2) is 6.66. The Labute approximate surface area is 126 Å². The van der Waals surface area contributed by atoms with Crippen molar-refractivity contribution >= 4 is 5.91 Å². The molecule has 0 heterocycles. The summed E-state index contributed by atoms with van der Waals surface area (Å²) in [5, 5.41) is 12.1. The normalized spacial score (nSPS) is 22.2. The van der Waals surface area contributed by atoms with Gasteiger partial charge in [0.2, 0.25) is 5.91 Å². The van der Waals surface area contributed by atoms with E-state index >= 15 is 0 Å². The minimum Gasteiger partial charge on any atom is -0.389 e. The first-order valence-electron chi connectivity index (χ1n) is 6.94. The summed E-state index contributed by atoms with van der Waals surface area (Å²) < 4.78 is 42.2. The molecule has 0 spiro atoms. The van der Waals surface area contributed by atoms with E-state index in [2.05, 4.69) is 5.32 Å². The molecule has 1 aromatic rings. The Bertz CT molecular complexity index is 516. The number of carbonyl (C=O) groups is 1. The molecule has 0 aromatic heterocycles. The number of hydrogen-bond donors (Lipinski definition) is 2. The molecule has 1 amide bonds. The quantitative estimate of drug-likeness (QED) is 0.843. The number of hydrogen-bond acceptors (Lipinski definition) is 3. The standard InChI is InChI=1S/C15H18F3NO3/c1-22-8-11(20)7-19-14(21)13-6-12(13)9-2-4-10(5-3-9)15(16,17)18/h2-5,11-13,20H,6-8H2,1H3,(H,19,21). The van der Waals surface area contributed by atoms with Gasteiger partial charge in [-0.3, -0.25) is 4.79 Å². The minimum atomic E-state index is -4.35. The van der Waals surface area contributed by atoms with Gasteiger partial charge in [0, 0.05) is 19.6 Å². The van der Waals surface area contributed by atoms with Crippen molar-refractivity contribution in [3.63, 3.8) is 0 Å². The van der Waals surface area contributed by atoms with Crippen molar-refractivity contribution < 1.29 is 27.8 Å². The van der Waals surface area contributed by atoms with E-state index in [-0.39, 0.29) is 30.9 Å². The zero-order valence-electron chi connectivity index (χ0n) is 12.1. The fourth-order valence-corrected chi connectivity index (χ4v) is 2.37. The molecular weight excluding hydrogens is 299 g/mol. The Morgan fingerprint density at radius 2 is 2.05 bits per heavy atom. The number of aliphatic hydroxyl groups excluding tert-OH is 1. The summed E-state index contributed by atoms with van der Waals surface area (Å²) in [5.74, 6) is -0.492. The summed E-state index contributed by atoms with van der Waals surface area (Å²) in [5.41, 5.74) is 0.0335. The van der Waals surface area contributed by atoms with Crippen LogP contribution >= 0.6 is 0 Å². The van der Waals surface area contributed by atoms with E-state index in [0.29, 0.717) is 6.42 Å². The molecule has 1 fully saturated rings. The van der Waals surface area contributed by atoms with E-state index in [9.17, 15) is 23.1 Å². The van der Waals surface area contributed by atoms with E-state index in [1.165, 1.54) is 19.2 Å². The van der Waals surface area contributed by atoms with Gasteiger partial charge in [0.25, 0.3) is 0 Å². The van der Waals surface area contributed by atoms with Crippen molar-refractivity contribution in [2.45, 2.75) is 24.6 Å². The number of carbonyl (C=O) groups excluding carboxylic acids is 1. The molecule has 1 aromatic carbocycles. The first-order valence-corrected chi connectivity index (χ1v) is 6.94. The van der Waals surface area contributed by atoms with Crippen LogP contribution in [0.5, 0.6) is 0 Å². The van der Waals surface area contributed by atoms with Crippen molar-refractivity contribution in [1.29, 1.82) is 0 Å². The van der Waals surface area contributed by atoms with Crippen molar-refractivity contribution in [3.05, 3.63) is 35.4 Å². The summed E-state index contributed by atoms with van der Waals surface area (Å²) in [6, 6.07) is 4.90. The van der Waals surface area contributed by atoms with Crippen LogP contribution < -0.4 is 5.32 Å². The van der Waals surface area contributed by atoms with Crippen LogP contribution in [0.15, 0.2) is 24.3 Å². The second-order valence-corrected chi connectivity index (χ2v) is 5.42. The van der Waals surface area contributed by atoms with Crippen LogP contribution in [0.25, 0.3) is 0 Å². The van der Waals surface area contributed by atoms with Gasteiger partial charge in [0.15, 0.2) is 0 Å². The van der Waals surface area contributed by atoms with Crippen LogP contribution in [0, 0.1) is 5.92 Å². The van der Waals surface area contributed by atoms with Crippen LogP contribution in [-0.4, -0.2) is 37.4 Å². The lowest BCUT2D eigenvalue weighted by atomic mass is 10.1. The molecule has 1 saturated carbocycles. The second-order valence-electron chi connectivity index (χ2n) is 5.42. The highest BCUT2D eigenvalue weighted by Gasteiger charge is 2.44. The fourth-order valence-electron chi connectivity index (χ4n) is 2.37. The third kappa shape index (κ3) is 4.20. The number of alkyl halides is 3. The molecule has 122 valence electrons. The monoisotopic (exact) mass is 317 g/mol. The highest BCUT2D eigenvalue weighted by atomic mass is 19.4. The van der Waals surface area contributed by atoms with E-state index < -0.39 is 17.8 Å². The number of rotatable bonds is 6. The minimum absolute atomic E-state index is 0.0538. The number of nitrogens with one attached hydrogen (secondary N) is 1. The molecule has 1 aliphatic rings. The number of amides is 1. The zero-order valence-corrected chi connectivity index (χ0v) is 12.1. The number of benzene rings is 1. The number of ether oxygens (including phenoxy) is 1. The van der Waals surface area contributed by atoms with Crippen LogP contribution in [0.4, 0.5) is 13.2 Å². The summed E-state index contributed by atoms with van der Waals surface area (Å²) in [4.78, 5) is 11.9. The smallest absolute Gasteiger partial charge is 0.389 e. The Hall–Kier alpha value is -1.60. The Morgan fingerprint density at radius 3 is 2.59 bits per heavy atom. The van der Waals surface area contributed by atoms with Gasteiger partial charge in [-0.15, -0.1) is 0 Å². The van der Waals surface area contributed by atoms with Crippen molar-refractivity contribution in [2.75, 3.05) is 20.3 Å². The molecule has 0 radical (unpaired) electrons. The molecular formula is C15H18F3NO3. The first-order chi connectivity index (χ1) is 10.3. The van der Waals surface area contributed by atoms with Gasteiger partial charge in [-0.05, 0) is 30.0 Å². The zero-order chi connectivity index (χ0) is 16.3. The van der Waals surface area contributed by atoms with Crippen LogP contribution in [0.3, 0.4) is 0 Å². The topological polar surface area (TPSA) is 58.6 Å². The van der Waals surface area contributed by atoms with E-state index in [1.54, 1.807) is 0 Å². The maximum absolute atomic E-state index is 12.5. The summed E-state index contributed by atoms with van der Waals surface area (Å²) in [6.45, 7) is 0.232. The Balaban J connectivity index is 1.85. The van der Waals surface area contributed by atoms with Gasteiger partial charge in [0.05, 0.1) is 18.3 Å². The van der Waals surface area contributed by atoms with E-state index in [0.717, 1.165) is 17.7 Å². The largest absolute Gasteiger partial charge is 0.416 e. The molecule has 0 aliphatic heterocycles. The van der Waals surface area contributed by atoms with Crippen LogP contribution in [-0.2, 0) is 15.7 Å². The van der Waals surface area contributed by atoms with E-state index in [4.69, 9.17) is 4.74 Å². The number of aliphatic hydroxyl groups is 1. The summed E-state index contributed by atoms with van der Waals surface area (Å²) in [7, 11) is 1.45. The Morgan fingerprint density at radius 1 is 1.41 bits per heavy atom. The molecule has 7 heteroatoms. The molecule has 3 atom stereocenters. The lowest BCUT2D eigenvalue weighted by Crippen LogP contribution is -2.35. The van der Waals surface area contributed by atoms with Crippen molar-refractivity contribution in [2.24, 2.45) is 5.92 Å². The maximum Gasteiger partial charge on any atom is 0.416 e. The third-order valence-corrected chi connectivity index (χ3v) is 3.66. The predicted molar refractivity (Wildman–Crippen MR) is 73.2 cm³/mol. The SMILES string of the molecule is COCC(O)CNC(=O)C1CC1c1ccc(C(F)(F)F)cc1. The van der Waals surface area contributed by atoms with Gasteiger partial charge in [0.1, 0.15) is 0 Å². The fraction of sp³-hybridized carbons (Fsp3) is 0.533. The molecule has 0 saturated heterocycles. The van der Waals surface area contributed by atoms with Crippen molar-refractivity contribution in [3.8, 4) is 0 Å². The third-order valence-electron chi connectivity index (χ3n) is 3.66. The van der Waals surface area contributed by atoms with E-state index in [1.807, 2.05) is 0 Å². The molecule has 22 heavy (non-hydrogen) atoms. The molecule has 4 nitrogen and oxygen atoms in total. The average Bonchev–Trinajstić information content (AvgIpc) is 3.25. The van der Waals surface area contributed by atoms with Crippen molar-refractivity contribution in [1.82, 2.24) is 5.32 Å². The lowest BCUT2D eigenvalue weighted by Gasteiger charge is -2.11. The lowest BCUT2D eigenvalue weighted by molar-refractivity contribution is -0.137. The summed E-state index contributed by atoms with van der Waals surface area (Å²) in [6.07, 6.45) is -4.51.